The van der Waals surface area contributed by atoms with Crippen LogP contribution in [0.3, 0.4) is 0 Å². The number of nitrogens with two attached hydrogens (primary N) is 1. The molecular weight excluding hydrogens is 169 g/mol. The van der Waals surface area contributed by atoms with Crippen molar-refractivity contribution in [3.8, 4) is 0 Å². The summed E-state index contributed by atoms with van der Waals surface area (Å²) in [7, 11) is 3.57. The predicted octanol–water partition coefficient (Wildman–Crippen LogP) is 1.22. The van der Waals surface area contributed by atoms with E-state index in [1.54, 1.807) is 19.0 Å². The van der Waals surface area contributed by atoms with Crippen molar-refractivity contribution in [2.75, 3.05) is 20.6 Å². The Morgan fingerprint density at radius 1 is 1.33 bits per heavy atom. The van der Waals surface area contributed by atoms with Gasteiger partial charge in [0, 0.05) is 19.0 Å². The molecule has 0 amide bonds. The van der Waals surface area contributed by atoms with Crippen LogP contribution in [-0.2, 0) is 0 Å². The third-order valence-corrected chi connectivity index (χ3v) is 1.40. The molecule has 12 heavy (non-hydrogen) atoms. The van der Waals surface area contributed by atoms with Crippen LogP contribution in [0.25, 0.3) is 0 Å². The summed E-state index contributed by atoms with van der Waals surface area (Å²) in [5, 5.41) is 0. The molecule has 0 fully saturated rings. The molecule has 0 saturated heterocycles. The van der Waals surface area contributed by atoms with Gasteiger partial charge in [0.2, 0.25) is 0 Å². The fraction of sp³-hybridized carbons (Fsp3) is 1.00. The summed E-state index contributed by atoms with van der Waals surface area (Å²) in [6, 6.07) is -0.387. The molecule has 2 nitrogen and oxygen atoms in total. The van der Waals surface area contributed by atoms with E-state index in [4.69, 9.17) is 5.73 Å². The molecule has 0 aromatic rings. The average molecular weight is 184 g/mol. The van der Waals surface area contributed by atoms with Crippen LogP contribution >= 0.6 is 0 Å². The fourth-order valence-corrected chi connectivity index (χ4v) is 0.909. The Kier molecular flexibility index (Phi) is 4.55. The molecule has 0 aromatic carbocycles. The van der Waals surface area contributed by atoms with E-state index in [1.807, 2.05) is 0 Å². The van der Waals surface area contributed by atoms with E-state index >= 15 is 0 Å². The van der Waals surface area contributed by atoms with Crippen LogP contribution in [-0.4, -0.2) is 37.8 Å². The van der Waals surface area contributed by atoms with Crippen molar-refractivity contribution < 1.29 is 13.2 Å². The minimum atomic E-state index is -4.08. The van der Waals surface area contributed by atoms with Gasteiger partial charge in [-0.05, 0) is 20.5 Å². The average Bonchev–Trinajstić information content (AvgIpc) is 1.80. The molecule has 0 saturated carbocycles. The molecule has 0 spiro atoms. The maximum atomic E-state index is 11.7. The standard InChI is InChI=1S/C7H15F3N2/c1-12(2)5-6(11)3-4-7(8,9)10/h6H,3-5,11H2,1-2H3. The van der Waals surface area contributed by atoms with Gasteiger partial charge < -0.3 is 10.6 Å². The van der Waals surface area contributed by atoms with Crippen molar-refractivity contribution in [3.05, 3.63) is 0 Å². The normalized spacial score (nSPS) is 15.2. The number of rotatable bonds is 4. The molecular formula is C7H15F3N2. The molecule has 1 unspecified atom stereocenters. The maximum Gasteiger partial charge on any atom is 0.389 e. The molecule has 0 bridgehead atoms. The summed E-state index contributed by atoms with van der Waals surface area (Å²) < 4.78 is 35.1. The number of likely N-dealkylation sites (N-methyl/N-ethyl adjacent to an activating group) is 1. The number of hydrogen-bond donors (Lipinski definition) is 1. The van der Waals surface area contributed by atoms with Crippen molar-refractivity contribution in [1.29, 1.82) is 0 Å². The lowest BCUT2D eigenvalue weighted by molar-refractivity contribution is -0.136. The largest absolute Gasteiger partial charge is 0.389 e. The number of halogens is 3. The minimum Gasteiger partial charge on any atom is -0.327 e. The highest BCUT2D eigenvalue weighted by molar-refractivity contribution is 4.66. The Labute approximate surface area is 70.5 Å². The van der Waals surface area contributed by atoms with E-state index in [2.05, 4.69) is 0 Å². The van der Waals surface area contributed by atoms with Crippen molar-refractivity contribution in [3.63, 3.8) is 0 Å². The number of alkyl halides is 3. The minimum absolute atomic E-state index is 0.00167. The van der Waals surface area contributed by atoms with Gasteiger partial charge in [0.05, 0.1) is 0 Å². The highest BCUT2D eigenvalue weighted by atomic mass is 19.4. The van der Waals surface area contributed by atoms with E-state index < -0.39 is 12.6 Å². The molecule has 0 aromatic heterocycles. The lowest BCUT2D eigenvalue weighted by Crippen LogP contribution is -2.34. The lowest BCUT2D eigenvalue weighted by Gasteiger charge is -2.17. The predicted molar refractivity (Wildman–Crippen MR) is 41.8 cm³/mol. The molecule has 1 atom stereocenters. The second-order valence-electron chi connectivity index (χ2n) is 3.18. The van der Waals surface area contributed by atoms with Crippen LogP contribution in [0, 0.1) is 0 Å². The number of nitrogens with zero attached hydrogens (tertiary/aromatic N) is 1. The zero-order chi connectivity index (χ0) is 9.78. The Bertz CT molecular complexity index is 122. The first kappa shape index (κ1) is 11.7. The fourth-order valence-electron chi connectivity index (χ4n) is 0.909. The van der Waals surface area contributed by atoms with Crippen molar-refractivity contribution >= 4 is 0 Å². The Morgan fingerprint density at radius 3 is 2.17 bits per heavy atom. The van der Waals surface area contributed by atoms with Gasteiger partial charge in [-0.2, -0.15) is 13.2 Å². The topological polar surface area (TPSA) is 29.3 Å². The zero-order valence-electron chi connectivity index (χ0n) is 7.36. The summed E-state index contributed by atoms with van der Waals surface area (Å²) >= 11 is 0. The van der Waals surface area contributed by atoms with E-state index in [0.29, 0.717) is 6.54 Å². The van der Waals surface area contributed by atoms with Crippen molar-refractivity contribution in [2.45, 2.75) is 25.1 Å². The lowest BCUT2D eigenvalue weighted by atomic mass is 10.1. The third kappa shape index (κ3) is 7.81. The van der Waals surface area contributed by atoms with Gasteiger partial charge in [-0.25, -0.2) is 0 Å². The molecule has 0 aliphatic carbocycles. The van der Waals surface area contributed by atoms with Gasteiger partial charge in [-0.1, -0.05) is 0 Å². The molecule has 5 heteroatoms. The van der Waals surface area contributed by atoms with E-state index in [0.717, 1.165) is 0 Å². The van der Waals surface area contributed by atoms with Gasteiger partial charge in [0.15, 0.2) is 0 Å². The summed E-state index contributed by atoms with van der Waals surface area (Å²) in [5.74, 6) is 0. The van der Waals surface area contributed by atoms with Crippen LogP contribution in [0.4, 0.5) is 13.2 Å². The first-order valence-corrected chi connectivity index (χ1v) is 3.78. The van der Waals surface area contributed by atoms with E-state index in [-0.39, 0.29) is 12.5 Å². The monoisotopic (exact) mass is 184 g/mol. The van der Waals surface area contributed by atoms with Crippen LogP contribution in [0.15, 0.2) is 0 Å². The molecule has 0 radical (unpaired) electrons. The van der Waals surface area contributed by atoms with E-state index in [9.17, 15) is 13.2 Å². The quantitative estimate of drug-likeness (QED) is 0.711. The van der Waals surface area contributed by atoms with E-state index in [1.165, 1.54) is 0 Å². The van der Waals surface area contributed by atoms with Crippen LogP contribution in [0.1, 0.15) is 12.8 Å². The van der Waals surface area contributed by atoms with Crippen LogP contribution in [0.2, 0.25) is 0 Å². The second-order valence-corrected chi connectivity index (χ2v) is 3.18. The summed E-state index contributed by atoms with van der Waals surface area (Å²) in [6.45, 7) is 0.496. The molecule has 0 rings (SSSR count). The molecule has 0 aliphatic heterocycles. The van der Waals surface area contributed by atoms with Gasteiger partial charge in [-0.15, -0.1) is 0 Å². The SMILES string of the molecule is CN(C)CC(N)CCC(F)(F)F. The second kappa shape index (κ2) is 4.67. The first-order chi connectivity index (χ1) is 5.31. The van der Waals surface area contributed by atoms with Crippen molar-refractivity contribution in [1.82, 2.24) is 4.90 Å². The summed E-state index contributed by atoms with van der Waals surface area (Å²) in [4.78, 5) is 1.78. The molecule has 0 heterocycles. The van der Waals surface area contributed by atoms with Crippen LogP contribution < -0.4 is 5.73 Å². The third-order valence-electron chi connectivity index (χ3n) is 1.40. The first-order valence-electron chi connectivity index (χ1n) is 3.78. The Morgan fingerprint density at radius 2 is 1.83 bits per heavy atom. The smallest absolute Gasteiger partial charge is 0.327 e. The summed E-state index contributed by atoms with van der Waals surface area (Å²) in [6.07, 6.45) is -4.87. The van der Waals surface area contributed by atoms with Gasteiger partial charge in [-0.3, -0.25) is 0 Å². The van der Waals surface area contributed by atoms with Gasteiger partial charge >= 0.3 is 6.18 Å². The van der Waals surface area contributed by atoms with Gasteiger partial charge in [0.1, 0.15) is 0 Å². The molecule has 0 aliphatic rings. The maximum absolute atomic E-state index is 11.7. The zero-order valence-corrected chi connectivity index (χ0v) is 7.36. The highest BCUT2D eigenvalue weighted by Crippen LogP contribution is 2.21. The Hall–Kier alpha value is -0.290. The summed E-state index contributed by atoms with van der Waals surface area (Å²) in [5.41, 5.74) is 5.44. The molecule has 74 valence electrons. The Balaban J connectivity index is 3.51. The molecule has 2 N–H and O–H groups in total. The number of hydrogen-bond acceptors (Lipinski definition) is 2. The van der Waals surface area contributed by atoms with Gasteiger partial charge in [0.25, 0.3) is 0 Å². The van der Waals surface area contributed by atoms with Crippen LogP contribution in [0.5, 0.6) is 0 Å². The highest BCUT2D eigenvalue weighted by Gasteiger charge is 2.27. The van der Waals surface area contributed by atoms with Crippen molar-refractivity contribution in [2.24, 2.45) is 5.73 Å².